The highest BCUT2D eigenvalue weighted by molar-refractivity contribution is 6.11. The average Bonchev–Trinajstić information content (AvgIpc) is 3.56. The van der Waals surface area contributed by atoms with Gasteiger partial charge in [0.2, 0.25) is 5.91 Å². The van der Waals surface area contributed by atoms with E-state index in [1.807, 2.05) is 12.1 Å². The summed E-state index contributed by atoms with van der Waals surface area (Å²) in [7, 11) is 0. The standard InChI is InChI=1S/C43H52N4O9/c1-18(2)22-8-9-23-17-27(46-28(23)16-22)21-10-12-24(13-11-21)45-40(55)47-26-15-14-25-20(5)41(6)32(34(49)29(25)33(26)48)37(52)43(56)36(51)30(38(44)53)35(50)31(19(3)4)42(43,7)39(41)54/h8-16,18-20,23,28,30-32,35,37,39,48,50,52,54,56H,17H2,1-7H3,(H2,44,53)(H2,45,47,55)/t20-,23?,28?,30-,31+,32-,35?,37?,39-,41+,42+,43+/m1/s1. The number of phenolic OH excluding ortho intramolecular Hbond substituents is 1. The number of primary amides is 1. The number of allylic oxidation sites excluding steroid dienone is 2. The number of carbonyl (C=O) groups excluding carboxylic acids is 4. The third kappa shape index (κ3) is 5.38. The maximum Gasteiger partial charge on any atom is 0.323 e. The van der Waals surface area contributed by atoms with Gasteiger partial charge >= 0.3 is 6.03 Å². The van der Waals surface area contributed by atoms with Crippen molar-refractivity contribution in [3.63, 3.8) is 0 Å². The normalized spacial score (nSPS) is 37.3. The summed E-state index contributed by atoms with van der Waals surface area (Å²) in [6.07, 6.45) is 1.90. The number of nitrogens with zero attached hydrogens (tertiary/aromatic N) is 1. The van der Waals surface area contributed by atoms with Crippen molar-refractivity contribution in [3.8, 4) is 5.75 Å². The lowest BCUT2D eigenvalue weighted by Crippen LogP contribution is -2.83. The van der Waals surface area contributed by atoms with Gasteiger partial charge in [0.15, 0.2) is 17.2 Å². The number of ketones is 2. The molecule has 13 heteroatoms. The van der Waals surface area contributed by atoms with Gasteiger partial charge in [-0.05, 0) is 65.0 Å². The van der Waals surface area contributed by atoms with Crippen molar-refractivity contribution in [2.45, 2.75) is 90.8 Å². The van der Waals surface area contributed by atoms with Gasteiger partial charge in [0.05, 0.1) is 35.4 Å². The number of rotatable bonds is 6. The molecule has 0 radical (unpaired) electrons. The molecule has 1 aliphatic heterocycles. The Hall–Kier alpha value is -4.69. The van der Waals surface area contributed by atoms with E-state index in [4.69, 9.17) is 10.7 Å². The molecule has 7 rings (SSSR count). The lowest BCUT2D eigenvalue weighted by molar-refractivity contribution is -0.306. The van der Waals surface area contributed by atoms with E-state index in [0.29, 0.717) is 23.1 Å². The maximum absolute atomic E-state index is 14.6. The number of hydrogen-bond donors (Lipinski definition) is 8. The second kappa shape index (κ2) is 13.5. The molecular formula is C43H52N4O9. The van der Waals surface area contributed by atoms with Crippen LogP contribution in [-0.4, -0.2) is 84.7 Å². The molecular weight excluding hydrogens is 716 g/mol. The van der Waals surface area contributed by atoms with Crippen LogP contribution in [0.4, 0.5) is 16.2 Å². The molecule has 4 aliphatic carbocycles. The van der Waals surface area contributed by atoms with Crippen molar-refractivity contribution < 1.29 is 44.7 Å². The lowest BCUT2D eigenvalue weighted by Gasteiger charge is -2.69. The minimum atomic E-state index is -2.90. The van der Waals surface area contributed by atoms with E-state index < -0.39 is 93.6 Å². The van der Waals surface area contributed by atoms with E-state index >= 15 is 0 Å². The second-order valence-corrected chi connectivity index (χ2v) is 17.5. The fourth-order valence-corrected chi connectivity index (χ4v) is 11.0. The number of aliphatic hydroxyl groups excluding tert-OH is 3. The van der Waals surface area contributed by atoms with Crippen LogP contribution in [0.3, 0.4) is 0 Å². The van der Waals surface area contributed by atoms with Gasteiger partial charge in [0.25, 0.3) is 0 Å². The van der Waals surface area contributed by atoms with Gasteiger partial charge in [0.1, 0.15) is 17.8 Å². The van der Waals surface area contributed by atoms with Gasteiger partial charge < -0.3 is 41.9 Å². The zero-order valence-electron chi connectivity index (χ0n) is 32.6. The summed E-state index contributed by atoms with van der Waals surface area (Å²) in [6.45, 7) is 12.4. The maximum atomic E-state index is 14.6. The summed E-state index contributed by atoms with van der Waals surface area (Å²) in [5, 5.41) is 65.2. The third-order valence-electron chi connectivity index (χ3n) is 14.1. The lowest BCUT2D eigenvalue weighted by atomic mass is 9.36. The Bertz CT molecular complexity index is 2110. The van der Waals surface area contributed by atoms with Gasteiger partial charge in [-0.2, -0.15) is 0 Å². The molecule has 2 aromatic rings. The van der Waals surface area contributed by atoms with E-state index in [2.05, 4.69) is 42.7 Å². The van der Waals surface area contributed by atoms with Crippen LogP contribution in [0.2, 0.25) is 0 Å². The molecule has 0 spiro atoms. The number of fused-ring (bicyclic) bond motifs is 4. The number of aromatic hydroxyl groups is 1. The predicted molar refractivity (Wildman–Crippen MR) is 209 cm³/mol. The summed E-state index contributed by atoms with van der Waals surface area (Å²) < 4.78 is 0. The Morgan fingerprint density at radius 1 is 0.982 bits per heavy atom. The highest BCUT2D eigenvalue weighted by atomic mass is 16.4. The highest BCUT2D eigenvalue weighted by Gasteiger charge is 2.80. The fourth-order valence-electron chi connectivity index (χ4n) is 11.0. The zero-order valence-corrected chi connectivity index (χ0v) is 32.6. The number of aliphatic imine (C=N–C) groups is 1. The molecule has 0 bridgehead atoms. The molecule has 2 fully saturated rings. The van der Waals surface area contributed by atoms with Crippen LogP contribution in [0, 0.1) is 46.3 Å². The summed E-state index contributed by atoms with van der Waals surface area (Å²) in [6, 6.07) is 9.63. The Labute approximate surface area is 325 Å². The SMILES string of the molecule is CC(C)C1=CC2N=C(c3ccc(NC(=O)Nc4ccc5c(c4O)C(=O)[C@@H]4C(O)[C@@]6(O)C(=O)[C@H](C(N)=O)C(O)[C@H](C(C)C)[C@@]6(C)[C@H](O)[C@@]4(C)[C@@H]5C)cc3)CC2C=C1. The summed E-state index contributed by atoms with van der Waals surface area (Å²) in [4.78, 5) is 59.3. The van der Waals surface area contributed by atoms with Gasteiger partial charge in [-0.25, -0.2) is 4.79 Å². The molecule has 5 aliphatic rings. The quantitative estimate of drug-likeness (QED) is 0.156. The van der Waals surface area contributed by atoms with Gasteiger partial charge in [-0.3, -0.25) is 19.4 Å². The first kappa shape index (κ1) is 39.5. The minimum absolute atomic E-state index is 0.107. The minimum Gasteiger partial charge on any atom is -0.505 e. The first-order valence-electron chi connectivity index (χ1n) is 19.4. The number of nitrogens with one attached hydrogen (secondary N) is 2. The Kier molecular flexibility index (Phi) is 9.51. The molecule has 9 N–H and O–H groups in total. The number of anilines is 2. The number of urea groups is 1. The average molecular weight is 769 g/mol. The summed E-state index contributed by atoms with van der Waals surface area (Å²) in [5.74, 6) is -9.23. The second-order valence-electron chi connectivity index (χ2n) is 17.5. The summed E-state index contributed by atoms with van der Waals surface area (Å²) >= 11 is 0. The first-order chi connectivity index (χ1) is 26.2. The Balaban J connectivity index is 1.15. The van der Waals surface area contributed by atoms with Crippen LogP contribution in [0.1, 0.15) is 82.3 Å². The van der Waals surface area contributed by atoms with Crippen LogP contribution in [0.25, 0.3) is 0 Å². The van der Waals surface area contributed by atoms with E-state index in [0.717, 1.165) is 17.7 Å². The van der Waals surface area contributed by atoms with E-state index in [1.165, 1.54) is 18.6 Å². The topological polar surface area (TPSA) is 232 Å². The molecule has 0 aromatic heterocycles. The number of aliphatic hydroxyl groups is 4. The van der Waals surface area contributed by atoms with Crippen LogP contribution in [0.5, 0.6) is 5.75 Å². The van der Waals surface area contributed by atoms with Crippen molar-refractivity contribution >= 4 is 40.6 Å². The van der Waals surface area contributed by atoms with Crippen molar-refractivity contribution in [2.75, 3.05) is 10.6 Å². The molecule has 1 heterocycles. The largest absolute Gasteiger partial charge is 0.505 e. The number of carbonyl (C=O) groups is 4. The van der Waals surface area contributed by atoms with Gasteiger partial charge in [-0.15, -0.1) is 0 Å². The van der Waals surface area contributed by atoms with Crippen LogP contribution >= 0.6 is 0 Å². The van der Waals surface area contributed by atoms with E-state index in [-0.39, 0.29) is 17.3 Å². The molecule has 2 aromatic carbocycles. The van der Waals surface area contributed by atoms with E-state index in [1.54, 1.807) is 45.9 Å². The van der Waals surface area contributed by atoms with Crippen molar-refractivity contribution in [1.82, 2.24) is 0 Å². The molecule has 298 valence electrons. The molecule has 4 unspecified atom stereocenters. The number of phenols is 1. The van der Waals surface area contributed by atoms with Gasteiger partial charge in [0, 0.05) is 28.1 Å². The molecule has 12 atom stereocenters. The zero-order chi connectivity index (χ0) is 41.0. The third-order valence-corrected chi connectivity index (χ3v) is 14.1. The van der Waals surface area contributed by atoms with Crippen molar-refractivity contribution in [1.29, 1.82) is 0 Å². The van der Waals surface area contributed by atoms with Crippen molar-refractivity contribution in [3.05, 3.63) is 76.9 Å². The number of hydrogen-bond acceptors (Lipinski definition) is 10. The molecule has 2 saturated carbocycles. The monoisotopic (exact) mass is 768 g/mol. The van der Waals surface area contributed by atoms with Gasteiger partial charge in [-0.1, -0.05) is 84.9 Å². The van der Waals surface area contributed by atoms with Crippen LogP contribution in [-0.2, 0) is 9.59 Å². The Morgan fingerprint density at radius 2 is 1.64 bits per heavy atom. The summed E-state index contributed by atoms with van der Waals surface area (Å²) in [5.41, 5.74) is 2.78. The first-order valence-corrected chi connectivity index (χ1v) is 19.4. The molecule has 3 amide bonds. The van der Waals surface area contributed by atoms with Crippen LogP contribution in [0.15, 0.2) is 65.2 Å². The van der Waals surface area contributed by atoms with E-state index in [9.17, 15) is 44.7 Å². The molecule has 56 heavy (non-hydrogen) atoms. The number of benzene rings is 2. The molecule has 13 nitrogen and oxygen atoms in total. The fraction of sp³-hybridized carbons (Fsp3) is 0.512. The smallest absolute Gasteiger partial charge is 0.323 e. The predicted octanol–water partition coefficient (Wildman–Crippen LogP) is 4.08. The number of amides is 3. The van der Waals surface area contributed by atoms with Crippen LogP contribution < -0.4 is 16.4 Å². The number of nitrogens with two attached hydrogens (primary N) is 1. The highest BCUT2D eigenvalue weighted by Crippen LogP contribution is 2.68. The van der Waals surface area contributed by atoms with Crippen molar-refractivity contribution in [2.24, 2.45) is 57.1 Å². The Morgan fingerprint density at radius 3 is 2.25 bits per heavy atom. The molecule has 0 saturated heterocycles. The number of Topliss-reactive ketones (excluding diaryl/α,β-unsaturated/α-hetero) is 2.